The number of hydrogen-bond acceptors (Lipinski definition) is 3. The highest BCUT2D eigenvalue weighted by atomic mass is 16.5. The highest BCUT2D eigenvalue weighted by Crippen LogP contribution is 2.41. The second-order valence-electron chi connectivity index (χ2n) is 8.20. The highest BCUT2D eigenvalue weighted by Gasteiger charge is 2.38. The van der Waals surface area contributed by atoms with Crippen LogP contribution in [0.5, 0.6) is 0 Å². The van der Waals surface area contributed by atoms with Gasteiger partial charge in [0.25, 0.3) is 5.91 Å². The fourth-order valence-electron chi connectivity index (χ4n) is 4.32. The number of carbonyl (C=O) groups is 2. The number of H-pyrrole nitrogens is 1. The number of benzene rings is 2. The summed E-state index contributed by atoms with van der Waals surface area (Å²) in [6.07, 6.45) is 5.23. The van der Waals surface area contributed by atoms with Gasteiger partial charge < -0.3 is 19.9 Å². The third-order valence-electron chi connectivity index (χ3n) is 5.98. The van der Waals surface area contributed by atoms with Crippen molar-refractivity contribution in [3.63, 3.8) is 0 Å². The van der Waals surface area contributed by atoms with Crippen LogP contribution in [0.1, 0.15) is 60.1 Å². The molecule has 0 fully saturated rings. The number of hydrogen-bond donors (Lipinski definition) is 2. The molecule has 2 heterocycles. The summed E-state index contributed by atoms with van der Waals surface area (Å²) in [5, 5.41) is 4.05. The molecule has 2 amide bonds. The summed E-state index contributed by atoms with van der Waals surface area (Å²) in [5.74, 6) is -0.0620. The maximum absolute atomic E-state index is 13.2. The monoisotopic (exact) mass is 433 g/mol. The third kappa shape index (κ3) is 4.70. The van der Waals surface area contributed by atoms with Crippen LogP contribution in [0.25, 0.3) is 10.9 Å². The predicted octanol–water partition coefficient (Wildman–Crippen LogP) is 4.43. The Balaban J connectivity index is 1.41. The molecule has 168 valence electrons. The van der Waals surface area contributed by atoms with Gasteiger partial charge in [0.05, 0.1) is 6.04 Å². The zero-order valence-corrected chi connectivity index (χ0v) is 18.6. The van der Waals surface area contributed by atoms with E-state index in [2.05, 4.69) is 23.3 Å². The number of carbonyl (C=O) groups excluding carboxylic acids is 2. The molecule has 1 aliphatic rings. The van der Waals surface area contributed by atoms with Gasteiger partial charge in [0.1, 0.15) is 0 Å². The number of nitrogens with one attached hydrogen (secondary N) is 2. The first-order valence-corrected chi connectivity index (χ1v) is 11.5. The van der Waals surface area contributed by atoms with E-state index in [9.17, 15) is 9.59 Å². The molecule has 2 aromatic carbocycles. The van der Waals surface area contributed by atoms with Gasteiger partial charge in [-0.25, -0.2) is 0 Å². The van der Waals surface area contributed by atoms with Gasteiger partial charge in [-0.1, -0.05) is 49.7 Å². The molecule has 0 saturated carbocycles. The van der Waals surface area contributed by atoms with Crippen molar-refractivity contribution >= 4 is 22.7 Å². The highest BCUT2D eigenvalue weighted by molar-refractivity contribution is 6.01. The smallest absolute Gasteiger partial charge is 0.255 e. The lowest BCUT2D eigenvalue weighted by atomic mass is 9.97. The van der Waals surface area contributed by atoms with Gasteiger partial charge in [-0.3, -0.25) is 9.59 Å². The lowest BCUT2D eigenvalue weighted by Crippen LogP contribution is -2.34. The number of aromatic amines is 1. The second-order valence-corrected chi connectivity index (χ2v) is 8.20. The van der Waals surface area contributed by atoms with Crippen molar-refractivity contribution in [3.05, 3.63) is 71.4 Å². The molecule has 1 atom stereocenters. The van der Waals surface area contributed by atoms with Crippen LogP contribution in [0.15, 0.2) is 54.7 Å². The SMILES string of the molecule is CCCCOCCCNC(=O)CCN1C(=O)c2ccccc2C1c1c[nH]c2ccccc12. The van der Waals surface area contributed by atoms with E-state index in [1.54, 1.807) is 0 Å². The predicted molar refractivity (Wildman–Crippen MR) is 126 cm³/mol. The Morgan fingerprint density at radius 1 is 1.06 bits per heavy atom. The molecule has 0 bridgehead atoms. The van der Waals surface area contributed by atoms with Crippen molar-refractivity contribution in [2.75, 3.05) is 26.3 Å². The first-order chi connectivity index (χ1) is 15.7. The number of amides is 2. The number of nitrogens with zero attached hydrogens (tertiary/aromatic N) is 1. The molecule has 0 aliphatic carbocycles. The topological polar surface area (TPSA) is 74.4 Å². The zero-order chi connectivity index (χ0) is 22.3. The summed E-state index contributed by atoms with van der Waals surface area (Å²) in [6, 6.07) is 15.6. The van der Waals surface area contributed by atoms with Crippen molar-refractivity contribution < 1.29 is 14.3 Å². The third-order valence-corrected chi connectivity index (χ3v) is 5.98. The van der Waals surface area contributed by atoms with Gasteiger partial charge in [-0.05, 0) is 30.5 Å². The molecule has 1 aromatic heterocycles. The van der Waals surface area contributed by atoms with E-state index in [1.165, 1.54) is 0 Å². The van der Waals surface area contributed by atoms with Crippen LogP contribution >= 0.6 is 0 Å². The Morgan fingerprint density at radius 2 is 1.84 bits per heavy atom. The average Bonchev–Trinajstić information content (AvgIpc) is 3.36. The number of aromatic nitrogens is 1. The normalized spacial score (nSPS) is 15.3. The van der Waals surface area contributed by atoms with Crippen LogP contribution in [0.4, 0.5) is 0 Å². The average molecular weight is 434 g/mol. The fraction of sp³-hybridized carbons (Fsp3) is 0.385. The molecule has 32 heavy (non-hydrogen) atoms. The van der Waals surface area contributed by atoms with E-state index in [-0.39, 0.29) is 24.3 Å². The quantitative estimate of drug-likeness (QED) is 0.440. The maximum atomic E-state index is 13.2. The van der Waals surface area contributed by atoms with Crippen LogP contribution in [0, 0.1) is 0 Å². The van der Waals surface area contributed by atoms with Gasteiger partial charge in [0.2, 0.25) is 5.91 Å². The van der Waals surface area contributed by atoms with Crippen LogP contribution in [0.3, 0.4) is 0 Å². The Bertz CT molecular complexity index is 1070. The summed E-state index contributed by atoms with van der Waals surface area (Å²) in [4.78, 5) is 30.8. The minimum Gasteiger partial charge on any atom is -0.381 e. The minimum absolute atomic E-state index is 0.0204. The van der Waals surface area contributed by atoms with Crippen molar-refractivity contribution in [2.45, 2.75) is 38.6 Å². The molecule has 1 aliphatic heterocycles. The standard InChI is InChI=1S/C26H31N3O3/c1-2-3-16-32-17-8-14-27-24(30)13-15-29-25(20-10-4-5-11-21(20)26(29)31)22-18-28-23-12-7-6-9-19(22)23/h4-7,9-12,18,25,28H,2-3,8,13-17H2,1H3,(H,27,30). The Kier molecular flexibility index (Phi) is 7.22. The Hall–Kier alpha value is -3.12. The van der Waals surface area contributed by atoms with E-state index < -0.39 is 0 Å². The molecule has 2 N–H and O–H groups in total. The summed E-state index contributed by atoms with van der Waals surface area (Å²) in [6.45, 7) is 4.53. The van der Waals surface area contributed by atoms with E-state index >= 15 is 0 Å². The Morgan fingerprint density at radius 3 is 2.72 bits per heavy atom. The number of fused-ring (bicyclic) bond motifs is 2. The van der Waals surface area contributed by atoms with Crippen LogP contribution in [0.2, 0.25) is 0 Å². The fourth-order valence-corrected chi connectivity index (χ4v) is 4.32. The number of unbranched alkanes of at least 4 members (excludes halogenated alkanes) is 1. The molecule has 4 rings (SSSR count). The van der Waals surface area contributed by atoms with E-state index in [4.69, 9.17) is 4.74 Å². The van der Waals surface area contributed by atoms with Gasteiger partial charge in [-0.2, -0.15) is 0 Å². The van der Waals surface area contributed by atoms with E-state index in [0.29, 0.717) is 25.3 Å². The molecular weight excluding hydrogens is 402 g/mol. The van der Waals surface area contributed by atoms with Crippen LogP contribution in [-0.4, -0.2) is 48.0 Å². The molecule has 6 heteroatoms. The summed E-state index contributed by atoms with van der Waals surface area (Å²) in [5.41, 5.74) is 3.81. The molecule has 0 saturated heterocycles. The molecule has 1 unspecified atom stereocenters. The summed E-state index contributed by atoms with van der Waals surface area (Å²) >= 11 is 0. The van der Waals surface area contributed by atoms with E-state index in [1.807, 2.05) is 53.6 Å². The van der Waals surface area contributed by atoms with Gasteiger partial charge >= 0.3 is 0 Å². The van der Waals surface area contributed by atoms with Crippen molar-refractivity contribution in [1.82, 2.24) is 15.2 Å². The lowest BCUT2D eigenvalue weighted by Gasteiger charge is -2.25. The van der Waals surface area contributed by atoms with Gasteiger partial charge in [0, 0.05) is 61.0 Å². The van der Waals surface area contributed by atoms with Crippen molar-refractivity contribution in [3.8, 4) is 0 Å². The van der Waals surface area contributed by atoms with Gasteiger partial charge in [0.15, 0.2) is 0 Å². The zero-order valence-electron chi connectivity index (χ0n) is 18.6. The minimum atomic E-state index is -0.199. The maximum Gasteiger partial charge on any atom is 0.255 e. The Labute approximate surface area is 188 Å². The summed E-state index contributed by atoms with van der Waals surface area (Å²) in [7, 11) is 0. The second kappa shape index (κ2) is 10.5. The largest absolute Gasteiger partial charge is 0.381 e. The number of rotatable bonds is 11. The van der Waals surface area contributed by atoms with Crippen LogP contribution < -0.4 is 5.32 Å². The van der Waals surface area contributed by atoms with Gasteiger partial charge in [-0.15, -0.1) is 0 Å². The number of ether oxygens (including phenoxy) is 1. The molecule has 6 nitrogen and oxygen atoms in total. The summed E-state index contributed by atoms with van der Waals surface area (Å²) < 4.78 is 5.53. The molecule has 0 spiro atoms. The van der Waals surface area contributed by atoms with Crippen LogP contribution in [-0.2, 0) is 9.53 Å². The number of para-hydroxylation sites is 1. The molecule has 0 radical (unpaired) electrons. The van der Waals surface area contributed by atoms with E-state index in [0.717, 1.165) is 47.9 Å². The molecule has 3 aromatic rings. The first kappa shape index (κ1) is 22.1. The lowest BCUT2D eigenvalue weighted by molar-refractivity contribution is -0.121. The first-order valence-electron chi connectivity index (χ1n) is 11.5. The van der Waals surface area contributed by atoms with Crippen molar-refractivity contribution in [1.29, 1.82) is 0 Å². The molecular formula is C26H31N3O3. The van der Waals surface area contributed by atoms with Crippen molar-refractivity contribution in [2.24, 2.45) is 0 Å².